The summed E-state index contributed by atoms with van der Waals surface area (Å²) in [7, 11) is 3.89. The molecular formula is C23H30ClN3O. The molecule has 0 spiro atoms. The predicted molar refractivity (Wildman–Crippen MR) is 121 cm³/mol. The summed E-state index contributed by atoms with van der Waals surface area (Å²) in [4.78, 5) is 7.21. The molecule has 1 N–H and O–H groups in total. The van der Waals surface area contributed by atoms with Crippen molar-refractivity contribution in [1.29, 1.82) is 0 Å². The third kappa shape index (κ3) is 4.50. The molecule has 1 atom stereocenters. The largest absolute Gasteiger partial charge is 0.497 e. The molecule has 1 heterocycles. The molecule has 150 valence electrons. The van der Waals surface area contributed by atoms with Gasteiger partial charge in [0.1, 0.15) is 5.75 Å². The minimum Gasteiger partial charge on any atom is -0.497 e. The van der Waals surface area contributed by atoms with Gasteiger partial charge in [-0.25, -0.2) is 4.98 Å². The maximum Gasteiger partial charge on any atom is 0.119 e. The van der Waals surface area contributed by atoms with Gasteiger partial charge in [-0.3, -0.25) is 0 Å². The van der Waals surface area contributed by atoms with E-state index in [2.05, 4.69) is 38.0 Å². The van der Waals surface area contributed by atoms with Crippen molar-refractivity contribution in [2.75, 3.05) is 32.6 Å². The third-order valence-electron chi connectivity index (χ3n) is 5.59. The Bertz CT molecular complexity index is 957. The molecule has 0 aliphatic heterocycles. The Morgan fingerprint density at radius 1 is 1.07 bits per heavy atom. The fraction of sp³-hybridized carbons (Fsp3) is 0.435. The molecule has 0 aliphatic carbocycles. The van der Waals surface area contributed by atoms with Crippen LogP contribution in [0.3, 0.4) is 0 Å². The number of benzene rings is 2. The zero-order valence-electron chi connectivity index (χ0n) is 17.4. The lowest BCUT2D eigenvalue weighted by atomic mass is 10.1. The average molecular weight is 400 g/mol. The normalized spacial score (nSPS) is 12.9. The van der Waals surface area contributed by atoms with Gasteiger partial charge >= 0.3 is 0 Å². The summed E-state index contributed by atoms with van der Waals surface area (Å²) < 4.78 is 5.43. The summed E-state index contributed by atoms with van der Waals surface area (Å²) in [6.45, 7) is 8.78. The van der Waals surface area contributed by atoms with Crippen molar-refractivity contribution in [3.63, 3.8) is 0 Å². The van der Waals surface area contributed by atoms with Crippen molar-refractivity contribution in [3.8, 4) is 5.75 Å². The summed E-state index contributed by atoms with van der Waals surface area (Å²) in [6, 6.07) is 12.4. The number of hydrogen-bond acceptors (Lipinski definition) is 4. The first kappa shape index (κ1) is 20.7. The molecular weight excluding hydrogens is 370 g/mol. The van der Waals surface area contributed by atoms with E-state index in [1.807, 2.05) is 36.4 Å². The number of halogens is 1. The second-order valence-corrected chi connectivity index (χ2v) is 8.21. The fourth-order valence-corrected chi connectivity index (χ4v) is 3.63. The number of ether oxygens (including phenoxy) is 1. The number of rotatable bonds is 8. The fourth-order valence-electron chi connectivity index (χ4n) is 3.47. The van der Waals surface area contributed by atoms with Gasteiger partial charge in [-0.15, -0.1) is 0 Å². The molecule has 3 aromatic rings. The SMILES string of the molecule is COc1ccc2nc3cc(Cl)ccc3c(NCCCN(C)C(C)C(C)C)c2c1. The summed E-state index contributed by atoms with van der Waals surface area (Å²) >= 11 is 6.20. The summed E-state index contributed by atoms with van der Waals surface area (Å²) in [6.07, 6.45) is 1.07. The quantitative estimate of drug-likeness (QED) is 0.382. The Morgan fingerprint density at radius 3 is 2.57 bits per heavy atom. The van der Waals surface area contributed by atoms with Gasteiger partial charge in [-0.05, 0) is 69.3 Å². The second-order valence-electron chi connectivity index (χ2n) is 7.78. The standard InChI is InChI=1S/C23H30ClN3O/c1-15(2)16(3)27(4)12-6-11-25-23-19-9-7-17(24)13-22(19)26-21-10-8-18(28-5)14-20(21)23/h7-10,13-16H,6,11-12H2,1-5H3,(H,25,26). The van der Waals surface area contributed by atoms with Crippen LogP contribution in [-0.2, 0) is 0 Å². The van der Waals surface area contributed by atoms with Gasteiger partial charge in [0.2, 0.25) is 0 Å². The number of hydrogen-bond donors (Lipinski definition) is 1. The van der Waals surface area contributed by atoms with Crippen molar-refractivity contribution in [2.45, 2.75) is 33.2 Å². The maximum atomic E-state index is 6.20. The smallest absolute Gasteiger partial charge is 0.119 e. The molecule has 0 amide bonds. The van der Waals surface area contributed by atoms with Crippen LogP contribution in [0.2, 0.25) is 5.02 Å². The number of aromatic nitrogens is 1. The number of nitrogens with one attached hydrogen (secondary N) is 1. The van der Waals surface area contributed by atoms with Crippen LogP contribution in [0.25, 0.3) is 21.8 Å². The second kappa shape index (κ2) is 8.97. The lowest BCUT2D eigenvalue weighted by molar-refractivity contribution is 0.208. The van der Waals surface area contributed by atoms with Gasteiger partial charge in [-0.2, -0.15) is 0 Å². The van der Waals surface area contributed by atoms with Gasteiger partial charge in [-0.1, -0.05) is 25.4 Å². The highest BCUT2D eigenvalue weighted by molar-refractivity contribution is 6.31. The molecule has 0 radical (unpaired) electrons. The van der Waals surface area contributed by atoms with Crippen LogP contribution in [0.5, 0.6) is 5.75 Å². The molecule has 2 aromatic carbocycles. The Morgan fingerprint density at radius 2 is 1.86 bits per heavy atom. The Kier molecular flexibility index (Phi) is 6.63. The van der Waals surface area contributed by atoms with Crippen LogP contribution in [0, 0.1) is 5.92 Å². The molecule has 0 aliphatic rings. The monoisotopic (exact) mass is 399 g/mol. The highest BCUT2D eigenvalue weighted by Crippen LogP contribution is 2.34. The minimum absolute atomic E-state index is 0.578. The lowest BCUT2D eigenvalue weighted by Gasteiger charge is -2.27. The zero-order valence-corrected chi connectivity index (χ0v) is 18.2. The van der Waals surface area contributed by atoms with Crippen LogP contribution in [0.15, 0.2) is 36.4 Å². The average Bonchev–Trinajstić information content (AvgIpc) is 2.68. The Labute approximate surface area is 172 Å². The van der Waals surface area contributed by atoms with Crippen molar-refractivity contribution in [1.82, 2.24) is 9.88 Å². The molecule has 28 heavy (non-hydrogen) atoms. The molecule has 1 unspecified atom stereocenters. The van der Waals surface area contributed by atoms with Gasteiger partial charge in [0, 0.05) is 28.4 Å². The van der Waals surface area contributed by atoms with Gasteiger partial charge in [0.15, 0.2) is 0 Å². The highest BCUT2D eigenvalue weighted by Gasteiger charge is 2.13. The zero-order chi connectivity index (χ0) is 20.3. The van der Waals surface area contributed by atoms with Crippen LogP contribution >= 0.6 is 11.6 Å². The molecule has 5 heteroatoms. The topological polar surface area (TPSA) is 37.4 Å². The van der Waals surface area contributed by atoms with Crippen LogP contribution < -0.4 is 10.1 Å². The number of nitrogens with zero attached hydrogens (tertiary/aromatic N) is 2. The minimum atomic E-state index is 0.578. The van der Waals surface area contributed by atoms with E-state index >= 15 is 0 Å². The molecule has 0 fully saturated rings. The first-order valence-electron chi connectivity index (χ1n) is 9.92. The highest BCUT2D eigenvalue weighted by atomic mass is 35.5. The van der Waals surface area contributed by atoms with E-state index < -0.39 is 0 Å². The number of methoxy groups -OCH3 is 1. The van der Waals surface area contributed by atoms with Crippen LogP contribution in [0.4, 0.5) is 5.69 Å². The van der Waals surface area contributed by atoms with Crippen molar-refractivity contribution >= 4 is 39.1 Å². The molecule has 1 aromatic heterocycles. The molecule has 4 nitrogen and oxygen atoms in total. The van der Waals surface area contributed by atoms with Gasteiger partial charge < -0.3 is 15.0 Å². The summed E-state index contributed by atoms with van der Waals surface area (Å²) in [5.74, 6) is 1.49. The molecule has 0 bridgehead atoms. The van der Waals surface area contributed by atoms with Crippen molar-refractivity contribution in [2.24, 2.45) is 5.92 Å². The molecule has 3 rings (SSSR count). The maximum absolute atomic E-state index is 6.20. The van der Waals surface area contributed by atoms with E-state index in [-0.39, 0.29) is 0 Å². The van der Waals surface area contributed by atoms with E-state index in [0.29, 0.717) is 17.0 Å². The van der Waals surface area contributed by atoms with E-state index in [1.54, 1.807) is 7.11 Å². The number of pyridine rings is 1. The molecule has 0 saturated heterocycles. The lowest BCUT2D eigenvalue weighted by Crippen LogP contribution is -2.34. The van der Waals surface area contributed by atoms with Crippen LogP contribution in [-0.4, -0.2) is 43.2 Å². The van der Waals surface area contributed by atoms with Crippen molar-refractivity contribution < 1.29 is 4.74 Å². The first-order chi connectivity index (χ1) is 13.4. The first-order valence-corrected chi connectivity index (χ1v) is 10.3. The van der Waals surface area contributed by atoms with E-state index in [1.165, 1.54) is 0 Å². The number of anilines is 1. The van der Waals surface area contributed by atoms with Gasteiger partial charge in [0.25, 0.3) is 0 Å². The summed E-state index contributed by atoms with van der Waals surface area (Å²) in [5.41, 5.74) is 2.93. The van der Waals surface area contributed by atoms with E-state index in [9.17, 15) is 0 Å². The third-order valence-corrected chi connectivity index (χ3v) is 5.83. The molecule has 0 saturated carbocycles. The Balaban J connectivity index is 1.87. The van der Waals surface area contributed by atoms with Gasteiger partial charge in [0.05, 0.1) is 23.8 Å². The van der Waals surface area contributed by atoms with Crippen molar-refractivity contribution in [3.05, 3.63) is 41.4 Å². The number of fused-ring (bicyclic) bond motifs is 2. The predicted octanol–water partition coefficient (Wildman–Crippen LogP) is 5.83. The summed E-state index contributed by atoms with van der Waals surface area (Å²) in [5, 5.41) is 6.50. The Hall–Kier alpha value is -2.04. The van der Waals surface area contributed by atoms with Crippen LogP contribution in [0.1, 0.15) is 27.2 Å². The van der Waals surface area contributed by atoms with E-state index in [0.717, 1.165) is 52.8 Å². The van der Waals surface area contributed by atoms with E-state index in [4.69, 9.17) is 21.3 Å².